The summed E-state index contributed by atoms with van der Waals surface area (Å²) in [5, 5.41) is 0. The standard InChI is InChI=1S/C16H25N3O/c1-2-13-6-4-3-5-9-18(13)16(20)15-10-12(17)11-19(15)14-7-8-14/h10-11,13-14H,2-9,17H2,1H3. The molecule has 1 saturated carbocycles. The van der Waals surface area contributed by atoms with Crippen LogP contribution in [0.25, 0.3) is 0 Å². The fraction of sp³-hybridized carbons (Fsp3) is 0.688. The minimum Gasteiger partial charge on any atom is -0.397 e. The minimum absolute atomic E-state index is 0.183. The van der Waals surface area contributed by atoms with Gasteiger partial charge in [-0.05, 0) is 38.2 Å². The fourth-order valence-electron chi connectivity index (χ4n) is 3.34. The molecule has 2 aliphatic rings. The predicted molar refractivity (Wildman–Crippen MR) is 80.7 cm³/mol. The molecule has 3 rings (SSSR count). The number of anilines is 1. The zero-order valence-electron chi connectivity index (χ0n) is 12.3. The molecule has 4 nitrogen and oxygen atoms in total. The van der Waals surface area contributed by atoms with E-state index in [1.165, 1.54) is 25.7 Å². The number of hydrogen-bond acceptors (Lipinski definition) is 2. The zero-order chi connectivity index (χ0) is 14.1. The second-order valence-corrected chi connectivity index (χ2v) is 6.21. The Hall–Kier alpha value is -1.45. The van der Waals surface area contributed by atoms with Gasteiger partial charge in [0.25, 0.3) is 5.91 Å². The molecule has 1 aromatic heterocycles. The number of hydrogen-bond donors (Lipinski definition) is 1. The molecule has 4 heteroatoms. The van der Waals surface area contributed by atoms with Crippen LogP contribution in [0.5, 0.6) is 0 Å². The molecule has 0 radical (unpaired) electrons. The number of likely N-dealkylation sites (tertiary alicyclic amines) is 1. The number of nitrogens with zero attached hydrogens (tertiary/aromatic N) is 2. The molecular weight excluding hydrogens is 250 g/mol. The van der Waals surface area contributed by atoms with Gasteiger partial charge in [-0.25, -0.2) is 0 Å². The van der Waals surface area contributed by atoms with Crippen molar-refractivity contribution in [2.24, 2.45) is 0 Å². The van der Waals surface area contributed by atoms with Crippen molar-refractivity contribution in [2.75, 3.05) is 12.3 Å². The third-order valence-electron chi connectivity index (χ3n) is 4.64. The van der Waals surface area contributed by atoms with Gasteiger partial charge < -0.3 is 15.2 Å². The van der Waals surface area contributed by atoms with Crippen LogP contribution in [0.3, 0.4) is 0 Å². The molecular formula is C16H25N3O. The number of aromatic nitrogens is 1. The third kappa shape index (κ3) is 2.56. The fourth-order valence-corrected chi connectivity index (χ4v) is 3.34. The van der Waals surface area contributed by atoms with Crippen molar-refractivity contribution in [3.8, 4) is 0 Å². The Labute approximate surface area is 120 Å². The first-order valence-corrected chi connectivity index (χ1v) is 7.99. The van der Waals surface area contributed by atoms with E-state index in [4.69, 9.17) is 5.73 Å². The van der Waals surface area contributed by atoms with Crippen LogP contribution < -0.4 is 5.73 Å². The van der Waals surface area contributed by atoms with E-state index in [-0.39, 0.29) is 5.91 Å². The van der Waals surface area contributed by atoms with Crippen LogP contribution >= 0.6 is 0 Å². The molecule has 20 heavy (non-hydrogen) atoms. The van der Waals surface area contributed by atoms with Gasteiger partial charge in [-0.1, -0.05) is 19.8 Å². The Morgan fingerprint density at radius 2 is 2.10 bits per heavy atom. The molecule has 110 valence electrons. The number of nitrogen functional groups attached to an aromatic ring is 1. The summed E-state index contributed by atoms with van der Waals surface area (Å²) < 4.78 is 2.11. The van der Waals surface area contributed by atoms with E-state index >= 15 is 0 Å². The Morgan fingerprint density at radius 1 is 1.30 bits per heavy atom. The Kier molecular flexibility index (Phi) is 3.72. The first-order valence-electron chi connectivity index (χ1n) is 7.99. The summed E-state index contributed by atoms with van der Waals surface area (Å²) in [5.74, 6) is 0.183. The average Bonchev–Trinajstić information content (AvgIpc) is 3.24. The van der Waals surface area contributed by atoms with Gasteiger partial charge in [-0.15, -0.1) is 0 Å². The van der Waals surface area contributed by atoms with Crippen molar-refractivity contribution in [3.05, 3.63) is 18.0 Å². The second kappa shape index (κ2) is 5.51. The van der Waals surface area contributed by atoms with E-state index in [1.807, 2.05) is 12.3 Å². The molecule has 1 saturated heterocycles. The molecule has 2 fully saturated rings. The Morgan fingerprint density at radius 3 is 2.80 bits per heavy atom. The van der Waals surface area contributed by atoms with E-state index < -0.39 is 0 Å². The zero-order valence-corrected chi connectivity index (χ0v) is 12.3. The summed E-state index contributed by atoms with van der Waals surface area (Å²) in [5.41, 5.74) is 7.43. The largest absolute Gasteiger partial charge is 0.397 e. The van der Waals surface area contributed by atoms with Gasteiger partial charge in [0.05, 0.1) is 5.69 Å². The van der Waals surface area contributed by atoms with Crippen LogP contribution in [0.2, 0.25) is 0 Å². The van der Waals surface area contributed by atoms with E-state index in [9.17, 15) is 4.79 Å². The van der Waals surface area contributed by atoms with Crippen LogP contribution in [0.4, 0.5) is 5.69 Å². The SMILES string of the molecule is CCC1CCCCCN1C(=O)c1cc(N)cn1C1CC1. The topological polar surface area (TPSA) is 51.3 Å². The molecule has 0 bridgehead atoms. The average molecular weight is 275 g/mol. The highest BCUT2D eigenvalue weighted by Crippen LogP contribution is 2.37. The van der Waals surface area contributed by atoms with Crippen molar-refractivity contribution in [2.45, 2.75) is 64.0 Å². The maximum absolute atomic E-state index is 12.9. The lowest BCUT2D eigenvalue weighted by molar-refractivity contribution is 0.0667. The normalized spacial score (nSPS) is 23.6. The molecule has 2 heterocycles. The molecule has 1 atom stereocenters. The lowest BCUT2D eigenvalue weighted by Crippen LogP contribution is -2.40. The molecule has 0 spiro atoms. The van der Waals surface area contributed by atoms with Gasteiger partial charge in [-0.3, -0.25) is 4.79 Å². The molecule has 2 N–H and O–H groups in total. The monoisotopic (exact) mass is 275 g/mol. The van der Waals surface area contributed by atoms with Crippen molar-refractivity contribution in [3.63, 3.8) is 0 Å². The lowest BCUT2D eigenvalue weighted by Gasteiger charge is -2.29. The van der Waals surface area contributed by atoms with E-state index in [0.717, 1.165) is 31.5 Å². The van der Waals surface area contributed by atoms with Crippen LogP contribution in [-0.2, 0) is 0 Å². The van der Waals surface area contributed by atoms with E-state index in [0.29, 0.717) is 17.8 Å². The van der Waals surface area contributed by atoms with Crippen LogP contribution in [-0.4, -0.2) is 28.0 Å². The summed E-state index contributed by atoms with van der Waals surface area (Å²) in [6.45, 7) is 3.08. The summed E-state index contributed by atoms with van der Waals surface area (Å²) in [6.07, 6.45) is 10.1. The Balaban J connectivity index is 1.86. The van der Waals surface area contributed by atoms with Crippen molar-refractivity contribution in [1.29, 1.82) is 0 Å². The number of carbonyl (C=O) groups excluding carboxylic acids is 1. The van der Waals surface area contributed by atoms with E-state index in [1.54, 1.807) is 0 Å². The minimum atomic E-state index is 0.183. The summed E-state index contributed by atoms with van der Waals surface area (Å²) >= 11 is 0. The molecule has 1 aromatic rings. The predicted octanol–water partition coefficient (Wildman–Crippen LogP) is 3.20. The highest BCUT2D eigenvalue weighted by Gasteiger charge is 2.31. The maximum atomic E-state index is 12.9. The van der Waals surface area contributed by atoms with Gasteiger partial charge in [0, 0.05) is 24.8 Å². The van der Waals surface area contributed by atoms with Gasteiger partial charge in [0.15, 0.2) is 0 Å². The molecule has 1 amide bonds. The number of nitrogens with two attached hydrogens (primary N) is 1. The molecule has 1 aliphatic carbocycles. The molecule has 1 aliphatic heterocycles. The summed E-state index contributed by atoms with van der Waals surface area (Å²) in [4.78, 5) is 15.0. The summed E-state index contributed by atoms with van der Waals surface area (Å²) in [6, 6.07) is 2.75. The number of carbonyl (C=O) groups is 1. The lowest BCUT2D eigenvalue weighted by atomic mass is 10.1. The quantitative estimate of drug-likeness (QED) is 0.921. The highest BCUT2D eigenvalue weighted by atomic mass is 16.2. The van der Waals surface area contributed by atoms with Crippen molar-refractivity contribution >= 4 is 11.6 Å². The highest BCUT2D eigenvalue weighted by molar-refractivity contribution is 5.94. The van der Waals surface area contributed by atoms with Gasteiger partial charge in [0.2, 0.25) is 0 Å². The first kappa shape index (κ1) is 13.5. The van der Waals surface area contributed by atoms with Crippen molar-refractivity contribution in [1.82, 2.24) is 9.47 Å². The number of rotatable bonds is 3. The Bertz CT molecular complexity index is 490. The second-order valence-electron chi connectivity index (χ2n) is 6.21. The maximum Gasteiger partial charge on any atom is 0.270 e. The third-order valence-corrected chi connectivity index (χ3v) is 4.64. The van der Waals surface area contributed by atoms with Crippen LogP contribution in [0.15, 0.2) is 12.3 Å². The van der Waals surface area contributed by atoms with Gasteiger partial charge >= 0.3 is 0 Å². The summed E-state index contributed by atoms with van der Waals surface area (Å²) in [7, 11) is 0. The van der Waals surface area contributed by atoms with Crippen molar-refractivity contribution < 1.29 is 4.79 Å². The van der Waals surface area contributed by atoms with Gasteiger partial charge in [-0.2, -0.15) is 0 Å². The number of amides is 1. The first-order chi connectivity index (χ1) is 9.70. The van der Waals surface area contributed by atoms with Gasteiger partial charge in [0.1, 0.15) is 5.69 Å². The molecule has 0 aromatic carbocycles. The van der Waals surface area contributed by atoms with E-state index in [2.05, 4.69) is 16.4 Å². The van der Waals surface area contributed by atoms with Crippen LogP contribution in [0.1, 0.15) is 68.4 Å². The smallest absolute Gasteiger partial charge is 0.270 e. The molecule has 1 unspecified atom stereocenters. The van der Waals surface area contributed by atoms with Crippen LogP contribution in [0, 0.1) is 0 Å².